The van der Waals surface area contributed by atoms with E-state index in [2.05, 4.69) is 5.32 Å². The maximum Gasteiger partial charge on any atom is 0.310 e. The minimum absolute atomic E-state index is 0.329. The number of amides is 1. The van der Waals surface area contributed by atoms with Crippen molar-refractivity contribution in [3.63, 3.8) is 0 Å². The predicted octanol–water partition coefficient (Wildman–Crippen LogP) is 1.95. The molecule has 0 radical (unpaired) electrons. The Kier molecular flexibility index (Phi) is 3.41. The standard InChI is InChI=1S/C15H16FNO4/c1-7-2-3-8(6-9(7)16)17-14(18)12-10-4-5-11(21-10)13(12)15(19)20/h2-3,6,10-13H,4-5H2,1H3,(H,17,18)(H,19,20)/t10-,11-,12-,13-/m1/s1. The van der Waals surface area contributed by atoms with Crippen molar-refractivity contribution in [3.8, 4) is 0 Å². The largest absolute Gasteiger partial charge is 0.481 e. The van der Waals surface area contributed by atoms with E-state index in [0.717, 1.165) is 0 Å². The number of ether oxygens (including phenoxy) is 1. The van der Waals surface area contributed by atoms with Crippen LogP contribution in [0.1, 0.15) is 18.4 Å². The van der Waals surface area contributed by atoms with E-state index in [9.17, 15) is 19.1 Å². The highest BCUT2D eigenvalue weighted by molar-refractivity contribution is 5.96. The molecule has 0 spiro atoms. The fourth-order valence-electron chi connectivity index (χ4n) is 3.22. The summed E-state index contributed by atoms with van der Waals surface area (Å²) >= 11 is 0. The number of benzene rings is 1. The number of carboxylic acid groups (broad SMARTS) is 1. The molecule has 3 rings (SSSR count). The third-order valence-electron chi connectivity index (χ3n) is 4.30. The summed E-state index contributed by atoms with van der Waals surface area (Å²) in [5.41, 5.74) is 0.815. The zero-order valence-corrected chi connectivity index (χ0v) is 11.5. The van der Waals surface area contributed by atoms with Gasteiger partial charge in [0.05, 0.1) is 24.0 Å². The molecule has 21 heavy (non-hydrogen) atoms. The van der Waals surface area contributed by atoms with Gasteiger partial charge in [0.1, 0.15) is 5.82 Å². The van der Waals surface area contributed by atoms with E-state index in [1.807, 2.05) is 0 Å². The number of nitrogens with one attached hydrogen (secondary N) is 1. The topological polar surface area (TPSA) is 75.6 Å². The summed E-state index contributed by atoms with van der Waals surface area (Å²) in [5.74, 6) is -3.38. The molecule has 5 nitrogen and oxygen atoms in total. The van der Waals surface area contributed by atoms with Crippen LogP contribution in [0, 0.1) is 24.6 Å². The first-order chi connectivity index (χ1) is 9.97. The molecule has 2 N–H and O–H groups in total. The summed E-state index contributed by atoms with van der Waals surface area (Å²) < 4.78 is 19.0. The number of hydrogen-bond acceptors (Lipinski definition) is 3. The first kappa shape index (κ1) is 14.0. The van der Waals surface area contributed by atoms with Gasteiger partial charge in [0, 0.05) is 5.69 Å². The summed E-state index contributed by atoms with van der Waals surface area (Å²) in [5, 5.41) is 11.9. The zero-order chi connectivity index (χ0) is 15.1. The van der Waals surface area contributed by atoms with E-state index in [1.165, 1.54) is 6.07 Å². The van der Waals surface area contributed by atoms with E-state index >= 15 is 0 Å². The number of hydrogen-bond donors (Lipinski definition) is 2. The number of rotatable bonds is 3. The van der Waals surface area contributed by atoms with Crippen molar-refractivity contribution in [3.05, 3.63) is 29.6 Å². The van der Waals surface area contributed by atoms with Crippen molar-refractivity contribution in [2.45, 2.75) is 32.0 Å². The van der Waals surface area contributed by atoms with Crippen molar-refractivity contribution in [1.82, 2.24) is 0 Å². The lowest BCUT2D eigenvalue weighted by Gasteiger charge is -2.23. The lowest BCUT2D eigenvalue weighted by atomic mass is 9.78. The minimum atomic E-state index is -1.02. The quantitative estimate of drug-likeness (QED) is 0.893. The Morgan fingerprint density at radius 1 is 1.29 bits per heavy atom. The van der Waals surface area contributed by atoms with E-state index in [4.69, 9.17) is 4.74 Å². The van der Waals surface area contributed by atoms with Crippen LogP contribution in [-0.2, 0) is 14.3 Å². The predicted molar refractivity (Wildman–Crippen MR) is 72.3 cm³/mol. The average Bonchev–Trinajstić information content (AvgIpc) is 3.03. The first-order valence-corrected chi connectivity index (χ1v) is 6.92. The Hall–Kier alpha value is -1.95. The van der Waals surface area contributed by atoms with Gasteiger partial charge in [0.15, 0.2) is 0 Å². The lowest BCUT2D eigenvalue weighted by molar-refractivity contribution is -0.147. The highest BCUT2D eigenvalue weighted by Gasteiger charge is 2.55. The van der Waals surface area contributed by atoms with E-state index in [1.54, 1.807) is 19.1 Å². The van der Waals surface area contributed by atoms with Gasteiger partial charge in [-0.3, -0.25) is 9.59 Å². The SMILES string of the molecule is Cc1ccc(NC(=O)[C@H]2[C@H](C(=O)O)[C@H]3CC[C@H]2O3)cc1F. The first-order valence-electron chi connectivity index (χ1n) is 6.92. The van der Waals surface area contributed by atoms with Crippen LogP contribution in [-0.4, -0.2) is 29.2 Å². The highest BCUT2D eigenvalue weighted by Crippen LogP contribution is 2.44. The van der Waals surface area contributed by atoms with Crippen LogP contribution in [0.25, 0.3) is 0 Å². The average molecular weight is 293 g/mol. The van der Waals surface area contributed by atoms with Gasteiger partial charge >= 0.3 is 5.97 Å². The second-order valence-corrected chi connectivity index (χ2v) is 5.63. The van der Waals surface area contributed by atoms with Crippen LogP contribution < -0.4 is 5.32 Å². The maximum absolute atomic E-state index is 13.5. The van der Waals surface area contributed by atoms with Crippen molar-refractivity contribution in [2.24, 2.45) is 11.8 Å². The van der Waals surface area contributed by atoms with Gasteiger partial charge < -0.3 is 15.2 Å². The number of carboxylic acids is 1. The van der Waals surface area contributed by atoms with Gasteiger partial charge in [-0.15, -0.1) is 0 Å². The molecule has 2 saturated heterocycles. The Morgan fingerprint density at radius 3 is 2.57 bits per heavy atom. The van der Waals surface area contributed by atoms with Gasteiger partial charge in [-0.1, -0.05) is 6.07 Å². The second-order valence-electron chi connectivity index (χ2n) is 5.63. The summed E-state index contributed by atoms with van der Waals surface area (Å²) in [7, 11) is 0. The van der Waals surface area contributed by atoms with Crippen molar-refractivity contribution >= 4 is 17.6 Å². The Bertz CT molecular complexity index is 603. The molecule has 112 valence electrons. The van der Waals surface area contributed by atoms with Gasteiger partial charge in [-0.25, -0.2) is 4.39 Å². The Balaban J connectivity index is 1.78. The zero-order valence-electron chi connectivity index (χ0n) is 11.5. The lowest BCUT2D eigenvalue weighted by Crippen LogP contribution is -2.40. The summed E-state index contributed by atoms with van der Waals surface area (Å²) in [6.45, 7) is 1.63. The Morgan fingerprint density at radius 2 is 1.95 bits per heavy atom. The van der Waals surface area contributed by atoms with Crippen molar-refractivity contribution in [2.75, 3.05) is 5.32 Å². The molecule has 0 aromatic heterocycles. The van der Waals surface area contributed by atoms with Crippen molar-refractivity contribution < 1.29 is 23.8 Å². The summed E-state index contributed by atoms with van der Waals surface area (Å²) in [6, 6.07) is 4.40. The molecular weight excluding hydrogens is 277 g/mol. The highest BCUT2D eigenvalue weighted by atomic mass is 19.1. The molecule has 1 aromatic carbocycles. The van der Waals surface area contributed by atoms with Crippen LogP contribution in [0.2, 0.25) is 0 Å². The molecule has 1 aromatic rings. The second kappa shape index (κ2) is 5.11. The van der Waals surface area contributed by atoms with E-state index in [0.29, 0.717) is 24.1 Å². The number of carbonyl (C=O) groups excluding carboxylic acids is 1. The van der Waals surface area contributed by atoms with Gasteiger partial charge in [-0.2, -0.15) is 0 Å². The normalized spacial score (nSPS) is 30.4. The number of halogens is 1. The van der Waals surface area contributed by atoms with Crippen LogP contribution >= 0.6 is 0 Å². The van der Waals surface area contributed by atoms with Crippen LogP contribution in [0.15, 0.2) is 18.2 Å². The molecule has 0 aliphatic carbocycles. The molecule has 1 amide bonds. The third-order valence-corrected chi connectivity index (χ3v) is 4.30. The smallest absolute Gasteiger partial charge is 0.310 e. The van der Waals surface area contributed by atoms with Crippen LogP contribution in [0.4, 0.5) is 10.1 Å². The van der Waals surface area contributed by atoms with Crippen LogP contribution in [0.5, 0.6) is 0 Å². The molecule has 2 bridgehead atoms. The van der Waals surface area contributed by atoms with Crippen LogP contribution in [0.3, 0.4) is 0 Å². The number of carbonyl (C=O) groups is 2. The van der Waals surface area contributed by atoms with Gasteiger partial charge in [0.2, 0.25) is 5.91 Å². The summed E-state index contributed by atoms with van der Waals surface area (Å²) in [4.78, 5) is 23.7. The number of fused-ring (bicyclic) bond motifs is 2. The van der Waals surface area contributed by atoms with Crippen molar-refractivity contribution in [1.29, 1.82) is 0 Å². The molecule has 2 heterocycles. The maximum atomic E-state index is 13.5. The fourth-order valence-corrected chi connectivity index (χ4v) is 3.22. The molecule has 2 aliphatic rings. The minimum Gasteiger partial charge on any atom is -0.481 e. The number of aliphatic carboxylic acids is 1. The monoisotopic (exact) mass is 293 g/mol. The molecular formula is C15H16FNO4. The molecule has 4 atom stereocenters. The van der Waals surface area contributed by atoms with Gasteiger partial charge in [0.25, 0.3) is 0 Å². The molecule has 2 fully saturated rings. The molecule has 2 aliphatic heterocycles. The summed E-state index contributed by atoms with van der Waals surface area (Å²) in [6.07, 6.45) is 0.615. The van der Waals surface area contributed by atoms with E-state index in [-0.39, 0.29) is 6.10 Å². The van der Waals surface area contributed by atoms with Gasteiger partial charge in [-0.05, 0) is 37.5 Å². The number of anilines is 1. The fraction of sp³-hybridized carbons (Fsp3) is 0.467. The molecule has 6 heteroatoms. The Labute approximate surface area is 121 Å². The number of aryl methyl sites for hydroxylation is 1. The third kappa shape index (κ3) is 2.40. The molecule has 0 saturated carbocycles. The molecule has 0 unspecified atom stereocenters. The van der Waals surface area contributed by atoms with E-state index < -0.39 is 35.6 Å².